The maximum atomic E-state index is 16.8. The van der Waals surface area contributed by atoms with Crippen LogP contribution in [0.2, 0.25) is 0 Å². The predicted octanol–water partition coefficient (Wildman–Crippen LogP) is 15.4. The summed E-state index contributed by atoms with van der Waals surface area (Å²) in [5.74, 6) is 2.58. The van der Waals surface area contributed by atoms with Gasteiger partial charge in [0.15, 0.2) is 0 Å². The van der Waals surface area contributed by atoms with Gasteiger partial charge >= 0.3 is 0 Å². The van der Waals surface area contributed by atoms with E-state index in [1.165, 1.54) is 74.3 Å². The third-order valence-corrected chi connectivity index (χ3v) is 13.7. The van der Waals surface area contributed by atoms with Crippen molar-refractivity contribution in [1.82, 2.24) is 0 Å². The van der Waals surface area contributed by atoms with Gasteiger partial charge in [0.2, 0.25) is 0 Å². The van der Waals surface area contributed by atoms with Gasteiger partial charge in [-0.05, 0) is 132 Å². The first kappa shape index (κ1) is 39.8. The molecule has 284 valence electrons. The first-order chi connectivity index (χ1) is 25.8. The minimum Gasteiger partial charge on any atom is -0.205 e. The van der Waals surface area contributed by atoms with E-state index in [4.69, 9.17) is 0 Å². The minimum absolute atomic E-state index is 0.185. The highest BCUT2D eigenvalue weighted by atomic mass is 32.2. The highest BCUT2D eigenvalue weighted by Crippen LogP contribution is 2.40. The average Bonchev–Trinajstić information content (AvgIpc) is 3.17. The van der Waals surface area contributed by atoms with E-state index in [0.29, 0.717) is 34.5 Å². The molecule has 0 bridgehead atoms. The van der Waals surface area contributed by atoms with Gasteiger partial charge in [-0.15, -0.1) is 0 Å². The molecule has 2 saturated carbocycles. The lowest BCUT2D eigenvalue weighted by atomic mass is 9.79. The van der Waals surface area contributed by atoms with E-state index >= 15 is 8.78 Å². The van der Waals surface area contributed by atoms with Gasteiger partial charge in [-0.3, -0.25) is 0 Å². The van der Waals surface area contributed by atoms with Crippen LogP contribution in [0.25, 0.3) is 0 Å². The van der Waals surface area contributed by atoms with Crippen molar-refractivity contribution in [2.75, 3.05) is 0 Å². The summed E-state index contributed by atoms with van der Waals surface area (Å²) in [5, 5.41) is 0. The second-order valence-electron chi connectivity index (χ2n) is 16.8. The molecule has 3 heteroatoms. The van der Waals surface area contributed by atoms with Crippen molar-refractivity contribution in [3.8, 4) is 0 Å². The molecule has 6 rings (SSSR count). The maximum absolute atomic E-state index is 16.8. The molecular weight excluding hydrogens is 671 g/mol. The molecule has 0 nitrogen and oxygen atoms in total. The molecule has 0 spiro atoms. The molecule has 0 amide bonds. The number of halogens is 2. The van der Waals surface area contributed by atoms with Crippen LogP contribution >= 0.6 is 11.8 Å². The van der Waals surface area contributed by atoms with Crippen LogP contribution in [-0.2, 0) is 25.7 Å². The number of benzene rings is 4. The van der Waals surface area contributed by atoms with Crippen LogP contribution in [0.4, 0.5) is 8.78 Å². The van der Waals surface area contributed by atoms with Gasteiger partial charge in [0.05, 0.1) is 0 Å². The lowest BCUT2D eigenvalue weighted by molar-refractivity contribution is 0.348. The zero-order chi connectivity index (χ0) is 37.2. The Morgan fingerprint density at radius 1 is 0.491 bits per heavy atom. The van der Waals surface area contributed by atoms with Crippen LogP contribution in [0, 0.1) is 23.5 Å². The molecule has 0 unspecified atom stereocenters. The molecule has 2 fully saturated rings. The smallest absolute Gasteiger partial charge is 0.140 e. The summed E-state index contributed by atoms with van der Waals surface area (Å²) in [5.41, 5.74) is 8.85. The number of hydrogen-bond acceptors (Lipinski definition) is 1. The first-order valence-electron chi connectivity index (χ1n) is 21.3. The lowest BCUT2D eigenvalue weighted by Crippen LogP contribution is -2.10. The number of hydrogen-bond donors (Lipinski definition) is 0. The number of unbranched alkanes of at least 4 members (excludes halogenated alkanes) is 4. The van der Waals surface area contributed by atoms with Crippen molar-refractivity contribution in [3.05, 3.63) is 129 Å². The van der Waals surface area contributed by atoms with Crippen LogP contribution in [-0.4, -0.2) is 0 Å². The molecular formula is C50H64F2S. The third-order valence-electron chi connectivity index (χ3n) is 12.6. The topological polar surface area (TPSA) is 0 Å². The summed E-state index contributed by atoms with van der Waals surface area (Å²) in [6.45, 7) is 9.15. The minimum atomic E-state index is -0.185. The lowest BCUT2D eigenvalue weighted by Gasteiger charge is -2.26. The molecule has 0 aromatic heterocycles. The van der Waals surface area contributed by atoms with E-state index in [1.54, 1.807) is 0 Å². The van der Waals surface area contributed by atoms with E-state index in [2.05, 4.69) is 88.4 Å². The molecule has 2 aliphatic rings. The molecule has 2 aliphatic carbocycles. The largest absolute Gasteiger partial charge is 0.205 e. The summed E-state index contributed by atoms with van der Waals surface area (Å²) >= 11 is 1.26. The van der Waals surface area contributed by atoms with E-state index in [1.807, 2.05) is 12.1 Å². The second kappa shape index (κ2) is 19.6. The van der Waals surface area contributed by atoms with E-state index in [-0.39, 0.29) is 11.6 Å². The van der Waals surface area contributed by atoms with Gasteiger partial charge in [0.25, 0.3) is 0 Å². The Labute approximate surface area is 325 Å². The first-order valence-corrected chi connectivity index (χ1v) is 22.1. The van der Waals surface area contributed by atoms with Crippen LogP contribution in [0.3, 0.4) is 0 Å². The van der Waals surface area contributed by atoms with E-state index in [9.17, 15) is 0 Å². The summed E-state index contributed by atoms with van der Waals surface area (Å²) in [6, 6.07) is 26.0. The zero-order valence-electron chi connectivity index (χ0n) is 33.1. The van der Waals surface area contributed by atoms with Gasteiger partial charge in [0, 0.05) is 22.6 Å². The molecule has 53 heavy (non-hydrogen) atoms. The summed E-state index contributed by atoms with van der Waals surface area (Å²) < 4.78 is 33.5. The molecule has 4 aromatic carbocycles. The molecule has 0 saturated heterocycles. The quantitative estimate of drug-likeness (QED) is 0.103. The summed E-state index contributed by atoms with van der Waals surface area (Å²) in [7, 11) is 0. The normalized spacial score (nSPS) is 20.5. The SMILES string of the molecule is CCCCCc1ccc(Sc2ccc(CCCCC)c(Cc3ccc(C4CCC(C)CC4)cc3)c2F)c(F)c1Cc1ccc(C2CCC(C)CC2)cc1. The number of rotatable bonds is 16. The van der Waals surface area contributed by atoms with Crippen molar-refractivity contribution >= 4 is 11.8 Å². The Kier molecular flexibility index (Phi) is 14.7. The van der Waals surface area contributed by atoms with Crippen molar-refractivity contribution in [2.45, 2.75) is 165 Å². The summed E-state index contributed by atoms with van der Waals surface area (Å²) in [6.07, 6.45) is 19.8. The predicted molar refractivity (Wildman–Crippen MR) is 223 cm³/mol. The van der Waals surface area contributed by atoms with Crippen LogP contribution in [0.5, 0.6) is 0 Å². The average molecular weight is 735 g/mol. The van der Waals surface area contributed by atoms with Crippen molar-refractivity contribution in [2.24, 2.45) is 11.8 Å². The molecule has 0 heterocycles. The van der Waals surface area contributed by atoms with Gasteiger partial charge < -0.3 is 0 Å². The van der Waals surface area contributed by atoms with Crippen LogP contribution < -0.4 is 0 Å². The Hall–Kier alpha value is -2.91. The monoisotopic (exact) mass is 734 g/mol. The molecule has 4 aromatic rings. The Morgan fingerprint density at radius 2 is 0.868 bits per heavy atom. The Morgan fingerprint density at radius 3 is 1.23 bits per heavy atom. The fourth-order valence-electron chi connectivity index (χ4n) is 8.95. The standard InChI is InChI=1S/C50H64F2S/c1-5-7-9-11-43-29-31-47(49(51)45(43)33-37-17-25-41(26-18-37)39-21-13-35(3)14-22-39)53-48-32-30-44(12-10-8-6-2)46(50(48)52)34-38-19-27-42(28-20-38)40-23-15-36(4)16-24-40/h17-20,25-32,35-36,39-40H,5-16,21-24,33-34H2,1-4H3. The Bertz CT molecular complexity index is 1590. The molecule has 0 atom stereocenters. The zero-order valence-corrected chi connectivity index (χ0v) is 33.9. The highest BCUT2D eigenvalue weighted by molar-refractivity contribution is 7.99. The van der Waals surface area contributed by atoms with Crippen molar-refractivity contribution in [3.63, 3.8) is 0 Å². The van der Waals surface area contributed by atoms with Gasteiger partial charge in [0.1, 0.15) is 11.6 Å². The van der Waals surface area contributed by atoms with Crippen molar-refractivity contribution < 1.29 is 8.78 Å². The number of aryl methyl sites for hydroxylation is 2. The highest BCUT2D eigenvalue weighted by Gasteiger charge is 2.23. The summed E-state index contributed by atoms with van der Waals surface area (Å²) in [4.78, 5) is 1.03. The van der Waals surface area contributed by atoms with Gasteiger partial charge in [-0.1, -0.05) is 151 Å². The third kappa shape index (κ3) is 10.7. The van der Waals surface area contributed by atoms with E-state index in [0.717, 1.165) is 96.6 Å². The molecule has 0 N–H and O–H groups in total. The van der Waals surface area contributed by atoms with E-state index < -0.39 is 0 Å². The molecule has 0 radical (unpaired) electrons. The fraction of sp³-hybridized carbons (Fsp3) is 0.520. The van der Waals surface area contributed by atoms with Crippen molar-refractivity contribution in [1.29, 1.82) is 0 Å². The maximum Gasteiger partial charge on any atom is 0.140 e. The fourth-order valence-corrected chi connectivity index (χ4v) is 9.88. The van der Waals surface area contributed by atoms with Crippen LogP contribution in [0.1, 0.15) is 174 Å². The van der Waals surface area contributed by atoms with Gasteiger partial charge in [-0.2, -0.15) is 0 Å². The van der Waals surface area contributed by atoms with Crippen LogP contribution in [0.15, 0.2) is 82.6 Å². The molecule has 0 aliphatic heterocycles. The second-order valence-corrected chi connectivity index (χ2v) is 17.9. The Balaban J connectivity index is 1.24. The van der Waals surface area contributed by atoms with Gasteiger partial charge in [-0.25, -0.2) is 8.78 Å².